The van der Waals surface area contributed by atoms with Gasteiger partial charge < -0.3 is 19.9 Å². The van der Waals surface area contributed by atoms with Crippen molar-refractivity contribution in [3.8, 4) is 23.5 Å². The molecule has 0 bridgehead atoms. The van der Waals surface area contributed by atoms with Crippen LogP contribution in [0.3, 0.4) is 0 Å². The molecule has 21 heavy (non-hydrogen) atoms. The molecule has 0 aliphatic rings. The van der Waals surface area contributed by atoms with E-state index in [9.17, 15) is 10.1 Å². The summed E-state index contributed by atoms with van der Waals surface area (Å²) in [6.07, 6.45) is 0. The van der Waals surface area contributed by atoms with E-state index in [0.29, 0.717) is 0 Å². The molecule has 1 aromatic heterocycles. The number of hydrogen-bond acceptors (Lipinski definition) is 9. The number of ether oxygens (including phenoxy) is 3. The molecule has 2 rings (SSSR count). The number of nitrogens with zero attached hydrogens (tertiary/aromatic N) is 4. The van der Waals surface area contributed by atoms with Crippen molar-refractivity contribution in [2.75, 3.05) is 20.0 Å². The fourth-order valence-corrected chi connectivity index (χ4v) is 1.47. The Hall–Kier alpha value is -3.17. The molecule has 0 aliphatic carbocycles. The van der Waals surface area contributed by atoms with Crippen LogP contribution in [0, 0.1) is 10.1 Å². The topological polar surface area (TPSA) is 136 Å². The van der Waals surface area contributed by atoms with E-state index >= 15 is 0 Å². The molecule has 1 heterocycles. The summed E-state index contributed by atoms with van der Waals surface area (Å²) in [6.45, 7) is 0. The lowest BCUT2D eigenvalue weighted by molar-refractivity contribution is -0.385. The molecule has 110 valence electrons. The van der Waals surface area contributed by atoms with Crippen LogP contribution in [-0.4, -0.2) is 34.1 Å². The maximum absolute atomic E-state index is 10.9. The van der Waals surface area contributed by atoms with Crippen molar-refractivity contribution in [1.29, 1.82) is 0 Å². The highest BCUT2D eigenvalue weighted by molar-refractivity contribution is 5.51. The monoisotopic (exact) mass is 293 g/mol. The Bertz CT molecular complexity index is 678. The quantitative estimate of drug-likeness (QED) is 0.636. The molecule has 2 N–H and O–H groups in total. The molecule has 0 aliphatic heterocycles. The highest BCUT2D eigenvalue weighted by Gasteiger charge is 2.17. The van der Waals surface area contributed by atoms with Crippen molar-refractivity contribution >= 4 is 11.6 Å². The maximum Gasteiger partial charge on any atom is 0.330 e. The molecule has 0 saturated carbocycles. The van der Waals surface area contributed by atoms with Gasteiger partial charge in [-0.2, -0.15) is 9.97 Å². The average molecular weight is 293 g/mol. The van der Waals surface area contributed by atoms with E-state index in [2.05, 4.69) is 15.0 Å². The maximum atomic E-state index is 10.9. The minimum Gasteiger partial charge on any atom is -0.490 e. The Morgan fingerprint density at radius 3 is 2.48 bits per heavy atom. The summed E-state index contributed by atoms with van der Waals surface area (Å²) in [6, 6.07) is 3.89. The number of nitrogen functional groups attached to an aromatic ring is 1. The van der Waals surface area contributed by atoms with Gasteiger partial charge in [-0.3, -0.25) is 10.1 Å². The minimum atomic E-state index is -0.589. The molecule has 10 heteroatoms. The van der Waals surface area contributed by atoms with Crippen molar-refractivity contribution < 1.29 is 19.1 Å². The first kappa shape index (κ1) is 14.2. The van der Waals surface area contributed by atoms with E-state index in [1.54, 1.807) is 0 Å². The largest absolute Gasteiger partial charge is 0.490 e. The summed E-state index contributed by atoms with van der Waals surface area (Å²) in [5, 5.41) is 10.9. The van der Waals surface area contributed by atoms with E-state index < -0.39 is 4.92 Å². The van der Waals surface area contributed by atoms with Gasteiger partial charge in [0.05, 0.1) is 25.2 Å². The summed E-state index contributed by atoms with van der Waals surface area (Å²) in [5.41, 5.74) is 5.22. The van der Waals surface area contributed by atoms with Crippen LogP contribution in [-0.2, 0) is 0 Å². The molecular formula is C11H11N5O5. The predicted molar refractivity (Wildman–Crippen MR) is 70.5 cm³/mol. The highest BCUT2D eigenvalue weighted by Crippen LogP contribution is 2.32. The number of methoxy groups -OCH3 is 2. The normalized spacial score (nSPS) is 10.0. The predicted octanol–water partition coefficient (Wildman–Crippen LogP) is 1.17. The molecule has 0 fully saturated rings. The van der Waals surface area contributed by atoms with E-state index in [1.807, 2.05) is 0 Å². The molecular weight excluding hydrogens is 282 g/mol. The number of nitro groups is 1. The van der Waals surface area contributed by atoms with Crippen LogP contribution in [0.25, 0.3) is 0 Å². The van der Waals surface area contributed by atoms with E-state index in [-0.39, 0.29) is 35.2 Å². The molecule has 0 atom stereocenters. The fourth-order valence-electron chi connectivity index (χ4n) is 1.47. The van der Waals surface area contributed by atoms with Gasteiger partial charge in [0, 0.05) is 0 Å². The first-order valence-electron chi connectivity index (χ1n) is 5.59. The lowest BCUT2D eigenvalue weighted by Gasteiger charge is -2.07. The zero-order valence-electron chi connectivity index (χ0n) is 11.1. The van der Waals surface area contributed by atoms with Crippen LogP contribution < -0.4 is 19.9 Å². The number of nitro benzene ring substituents is 1. The van der Waals surface area contributed by atoms with Crippen molar-refractivity contribution in [2.45, 2.75) is 0 Å². The van der Waals surface area contributed by atoms with Gasteiger partial charge in [0.2, 0.25) is 5.95 Å². The summed E-state index contributed by atoms with van der Waals surface area (Å²) in [4.78, 5) is 21.6. The smallest absolute Gasteiger partial charge is 0.330 e. The summed E-state index contributed by atoms with van der Waals surface area (Å²) in [5.74, 6) is 0.162. The first-order chi connectivity index (χ1) is 10.0. The van der Waals surface area contributed by atoms with Gasteiger partial charge in [0.25, 0.3) is 0 Å². The Balaban J connectivity index is 2.33. The van der Waals surface area contributed by atoms with E-state index in [0.717, 1.165) is 0 Å². The van der Waals surface area contributed by atoms with Gasteiger partial charge in [0.15, 0.2) is 5.75 Å². The van der Waals surface area contributed by atoms with Gasteiger partial charge in [-0.1, -0.05) is 0 Å². The molecule has 2 aromatic rings. The molecule has 10 nitrogen and oxygen atoms in total. The van der Waals surface area contributed by atoms with Gasteiger partial charge in [-0.05, 0) is 12.1 Å². The van der Waals surface area contributed by atoms with Crippen molar-refractivity contribution in [1.82, 2.24) is 15.0 Å². The third-order valence-corrected chi connectivity index (χ3v) is 2.35. The number of benzene rings is 1. The Morgan fingerprint density at radius 1 is 1.14 bits per heavy atom. The van der Waals surface area contributed by atoms with Crippen LogP contribution in [0.2, 0.25) is 0 Å². The van der Waals surface area contributed by atoms with Gasteiger partial charge in [-0.25, -0.2) is 0 Å². The zero-order chi connectivity index (χ0) is 15.4. The third-order valence-electron chi connectivity index (χ3n) is 2.35. The van der Waals surface area contributed by atoms with Crippen molar-refractivity contribution in [2.24, 2.45) is 0 Å². The first-order valence-corrected chi connectivity index (χ1v) is 5.59. The van der Waals surface area contributed by atoms with E-state index in [4.69, 9.17) is 19.9 Å². The number of hydrogen-bond donors (Lipinski definition) is 1. The highest BCUT2D eigenvalue weighted by atomic mass is 16.6. The van der Waals surface area contributed by atoms with Crippen LogP contribution in [0.4, 0.5) is 11.6 Å². The van der Waals surface area contributed by atoms with Crippen molar-refractivity contribution in [3.05, 3.63) is 28.3 Å². The Labute approximate surface area is 118 Å². The molecule has 0 amide bonds. The second-order valence-corrected chi connectivity index (χ2v) is 3.66. The van der Waals surface area contributed by atoms with E-state index in [1.165, 1.54) is 32.4 Å². The standard InChI is InChI=1S/C11H11N5O5/c1-19-8-4-3-6(5-7(8)16(17)18)21-11-14-9(12)13-10(15-11)20-2/h3-5H,1-2H3,(H2,12,13,14,15). The Kier molecular flexibility index (Phi) is 3.97. The second-order valence-electron chi connectivity index (χ2n) is 3.66. The van der Waals surface area contributed by atoms with Crippen molar-refractivity contribution in [3.63, 3.8) is 0 Å². The van der Waals surface area contributed by atoms with Crippen LogP contribution in [0.15, 0.2) is 18.2 Å². The second kappa shape index (κ2) is 5.86. The molecule has 0 unspecified atom stereocenters. The summed E-state index contributed by atoms with van der Waals surface area (Å²) in [7, 11) is 2.69. The van der Waals surface area contributed by atoms with Gasteiger partial charge in [-0.15, -0.1) is 4.98 Å². The fraction of sp³-hybridized carbons (Fsp3) is 0.182. The van der Waals surface area contributed by atoms with Gasteiger partial charge >= 0.3 is 17.7 Å². The average Bonchev–Trinajstić information content (AvgIpc) is 2.46. The summed E-state index contributed by atoms with van der Waals surface area (Å²) < 4.78 is 15.0. The SMILES string of the molecule is COc1nc(N)nc(Oc2ccc(OC)c([N+](=O)[O-])c2)n1. The zero-order valence-corrected chi connectivity index (χ0v) is 11.1. The third kappa shape index (κ3) is 3.23. The minimum absolute atomic E-state index is 0.0273. The molecule has 0 saturated heterocycles. The summed E-state index contributed by atoms with van der Waals surface area (Å²) >= 11 is 0. The number of aromatic nitrogens is 3. The lowest BCUT2D eigenvalue weighted by Crippen LogP contribution is -2.03. The number of anilines is 1. The molecule has 0 spiro atoms. The number of rotatable bonds is 5. The number of nitrogens with two attached hydrogens (primary N) is 1. The van der Waals surface area contributed by atoms with Crippen LogP contribution in [0.1, 0.15) is 0 Å². The van der Waals surface area contributed by atoms with Gasteiger partial charge in [0.1, 0.15) is 5.75 Å². The molecule has 1 aromatic carbocycles. The van der Waals surface area contributed by atoms with Crippen LogP contribution in [0.5, 0.6) is 23.5 Å². The molecule has 0 radical (unpaired) electrons. The lowest BCUT2D eigenvalue weighted by atomic mass is 10.3. The van der Waals surface area contributed by atoms with Crippen LogP contribution >= 0.6 is 0 Å². The Morgan fingerprint density at radius 2 is 1.86 bits per heavy atom.